The molecule has 0 radical (unpaired) electrons. The van der Waals surface area contributed by atoms with Crippen molar-refractivity contribution in [3.8, 4) is 5.75 Å². The molecule has 28 heavy (non-hydrogen) atoms. The second-order valence-electron chi connectivity index (χ2n) is 7.44. The highest BCUT2D eigenvalue weighted by Gasteiger charge is 2.36. The van der Waals surface area contributed by atoms with Gasteiger partial charge in [-0.25, -0.2) is 4.79 Å². The van der Waals surface area contributed by atoms with E-state index in [0.717, 1.165) is 5.75 Å². The van der Waals surface area contributed by atoms with Crippen molar-refractivity contribution in [1.29, 1.82) is 0 Å². The summed E-state index contributed by atoms with van der Waals surface area (Å²) in [7, 11) is 0. The van der Waals surface area contributed by atoms with Gasteiger partial charge in [-0.3, -0.25) is 9.59 Å². The molecule has 1 fully saturated rings. The molecule has 0 aliphatic carbocycles. The number of para-hydroxylation sites is 1. The van der Waals surface area contributed by atoms with Crippen LogP contribution in [0.1, 0.15) is 46.0 Å². The fraction of sp³-hybridized carbons (Fsp3) is 0.571. The Labute approximate surface area is 166 Å². The Hall–Kier alpha value is -2.57. The predicted molar refractivity (Wildman–Crippen MR) is 105 cm³/mol. The number of benzene rings is 1. The van der Waals surface area contributed by atoms with Crippen molar-refractivity contribution >= 4 is 17.8 Å². The van der Waals surface area contributed by atoms with E-state index < -0.39 is 11.5 Å². The third-order valence-electron chi connectivity index (χ3n) is 5.17. The molecule has 1 unspecified atom stereocenters. The smallest absolute Gasteiger partial charge is 0.329 e. The van der Waals surface area contributed by atoms with E-state index in [9.17, 15) is 19.5 Å². The average Bonchev–Trinajstić information content (AvgIpc) is 2.69. The van der Waals surface area contributed by atoms with Crippen LogP contribution in [0.2, 0.25) is 0 Å². The van der Waals surface area contributed by atoms with Gasteiger partial charge in [0.05, 0.1) is 13.0 Å². The third-order valence-corrected chi connectivity index (χ3v) is 5.17. The highest BCUT2D eigenvalue weighted by molar-refractivity contribution is 5.88. The first-order chi connectivity index (χ1) is 13.4. The molecule has 7 nitrogen and oxygen atoms in total. The van der Waals surface area contributed by atoms with Crippen molar-refractivity contribution in [3.05, 3.63) is 30.3 Å². The minimum absolute atomic E-state index is 0.0103. The first-order valence-corrected chi connectivity index (χ1v) is 9.86. The summed E-state index contributed by atoms with van der Waals surface area (Å²) < 4.78 is 5.56. The molecular formula is C21H30N2O5. The Morgan fingerprint density at radius 1 is 1.21 bits per heavy atom. The topological polar surface area (TPSA) is 95.9 Å². The number of hydrogen-bond donors (Lipinski definition) is 2. The fourth-order valence-corrected chi connectivity index (χ4v) is 3.42. The molecule has 1 aliphatic heterocycles. The summed E-state index contributed by atoms with van der Waals surface area (Å²) in [6.45, 7) is 4.75. The monoisotopic (exact) mass is 390 g/mol. The maximum absolute atomic E-state index is 12.5. The lowest BCUT2D eigenvalue weighted by Gasteiger charge is -2.34. The normalized spacial score (nSPS) is 16.9. The highest BCUT2D eigenvalue weighted by atomic mass is 16.5. The number of carboxylic acids is 1. The van der Waals surface area contributed by atoms with Crippen molar-refractivity contribution in [1.82, 2.24) is 10.2 Å². The number of hydrogen-bond acceptors (Lipinski definition) is 4. The number of carbonyl (C=O) groups is 3. The lowest BCUT2D eigenvalue weighted by atomic mass is 9.91. The molecule has 2 rings (SSSR count). The van der Waals surface area contributed by atoms with E-state index in [1.807, 2.05) is 37.3 Å². The molecule has 1 saturated heterocycles. The molecular weight excluding hydrogens is 360 g/mol. The number of aliphatic carboxylic acids is 1. The zero-order valence-corrected chi connectivity index (χ0v) is 16.6. The third kappa shape index (κ3) is 5.97. The van der Waals surface area contributed by atoms with Gasteiger partial charge in [-0.1, -0.05) is 31.5 Å². The van der Waals surface area contributed by atoms with E-state index in [1.165, 1.54) is 0 Å². The second-order valence-corrected chi connectivity index (χ2v) is 7.44. The summed E-state index contributed by atoms with van der Waals surface area (Å²) in [5, 5.41) is 12.1. The van der Waals surface area contributed by atoms with Gasteiger partial charge in [0.15, 0.2) is 0 Å². The number of carbonyl (C=O) groups excluding carboxylic acids is 2. The van der Waals surface area contributed by atoms with Crippen LogP contribution in [0.4, 0.5) is 0 Å². The number of rotatable bonds is 9. The molecule has 154 valence electrons. The van der Waals surface area contributed by atoms with E-state index in [0.29, 0.717) is 51.8 Å². The van der Waals surface area contributed by atoms with Gasteiger partial charge in [-0.05, 0) is 38.3 Å². The maximum atomic E-state index is 12.5. The van der Waals surface area contributed by atoms with Gasteiger partial charge in [0.25, 0.3) is 0 Å². The van der Waals surface area contributed by atoms with Crippen LogP contribution in [-0.2, 0) is 14.4 Å². The minimum Gasteiger partial charge on any atom is -0.493 e. The van der Waals surface area contributed by atoms with E-state index in [-0.39, 0.29) is 17.7 Å². The standard InChI is InChI=1S/C21H30N2O5/c1-3-12-21(2,20(26)27)22-19(25)16-9-13-23(14-10-16)18(24)11-15-28-17-7-5-4-6-8-17/h4-8,16H,3,9-15H2,1-2H3,(H,22,25)(H,26,27). The summed E-state index contributed by atoms with van der Waals surface area (Å²) in [4.78, 5) is 38.1. The maximum Gasteiger partial charge on any atom is 0.329 e. The van der Waals surface area contributed by atoms with Crippen LogP contribution in [-0.4, -0.2) is 53.0 Å². The predicted octanol–water partition coefficient (Wildman–Crippen LogP) is 2.45. The SMILES string of the molecule is CCCC(C)(NC(=O)C1CCN(C(=O)CCOc2ccccc2)CC1)C(=O)O. The van der Waals surface area contributed by atoms with Crippen LogP contribution in [0.25, 0.3) is 0 Å². The zero-order valence-electron chi connectivity index (χ0n) is 16.6. The van der Waals surface area contributed by atoms with Crippen LogP contribution in [0.3, 0.4) is 0 Å². The highest BCUT2D eigenvalue weighted by Crippen LogP contribution is 2.21. The molecule has 1 aromatic carbocycles. The van der Waals surface area contributed by atoms with E-state index in [1.54, 1.807) is 11.8 Å². The zero-order chi connectivity index (χ0) is 20.6. The number of nitrogens with zero attached hydrogens (tertiary/aromatic N) is 1. The molecule has 7 heteroatoms. The number of piperidine rings is 1. The largest absolute Gasteiger partial charge is 0.493 e. The van der Waals surface area contributed by atoms with Crippen molar-refractivity contribution in [2.75, 3.05) is 19.7 Å². The lowest BCUT2D eigenvalue weighted by molar-refractivity contribution is -0.148. The molecule has 2 amide bonds. The molecule has 0 aromatic heterocycles. The number of likely N-dealkylation sites (tertiary alicyclic amines) is 1. The Balaban J connectivity index is 1.76. The number of amides is 2. The van der Waals surface area contributed by atoms with Crippen LogP contribution >= 0.6 is 0 Å². The molecule has 0 bridgehead atoms. The number of carboxylic acid groups (broad SMARTS) is 1. The Morgan fingerprint density at radius 3 is 2.43 bits per heavy atom. The molecule has 1 aromatic rings. The van der Waals surface area contributed by atoms with Crippen LogP contribution in [0, 0.1) is 5.92 Å². The van der Waals surface area contributed by atoms with Crippen molar-refractivity contribution < 1.29 is 24.2 Å². The van der Waals surface area contributed by atoms with Crippen LogP contribution in [0.5, 0.6) is 5.75 Å². The first kappa shape index (κ1) is 21.7. The van der Waals surface area contributed by atoms with Gasteiger partial charge >= 0.3 is 5.97 Å². The molecule has 2 N–H and O–H groups in total. The minimum atomic E-state index is -1.24. The summed E-state index contributed by atoms with van der Waals surface area (Å²) >= 11 is 0. The van der Waals surface area contributed by atoms with Gasteiger partial charge in [-0.2, -0.15) is 0 Å². The van der Waals surface area contributed by atoms with Gasteiger partial charge in [0.2, 0.25) is 11.8 Å². The van der Waals surface area contributed by atoms with Crippen LogP contribution < -0.4 is 10.1 Å². The van der Waals surface area contributed by atoms with Crippen molar-refractivity contribution in [3.63, 3.8) is 0 Å². The van der Waals surface area contributed by atoms with E-state index >= 15 is 0 Å². The first-order valence-electron chi connectivity index (χ1n) is 9.86. The second kappa shape index (κ2) is 10.1. The average molecular weight is 390 g/mol. The Morgan fingerprint density at radius 2 is 1.86 bits per heavy atom. The summed E-state index contributed by atoms with van der Waals surface area (Å²) in [6.07, 6.45) is 2.42. The summed E-state index contributed by atoms with van der Waals surface area (Å²) in [5.74, 6) is -0.776. The molecule has 1 aliphatic rings. The Kier molecular flexibility index (Phi) is 7.84. The molecule has 0 spiro atoms. The molecule has 0 saturated carbocycles. The van der Waals surface area contributed by atoms with Crippen LogP contribution in [0.15, 0.2) is 30.3 Å². The van der Waals surface area contributed by atoms with Gasteiger partial charge in [-0.15, -0.1) is 0 Å². The van der Waals surface area contributed by atoms with E-state index in [4.69, 9.17) is 4.74 Å². The lowest BCUT2D eigenvalue weighted by Crippen LogP contribution is -2.55. The van der Waals surface area contributed by atoms with Crippen molar-refractivity contribution in [2.45, 2.75) is 51.5 Å². The molecule has 1 heterocycles. The van der Waals surface area contributed by atoms with Gasteiger partial charge < -0.3 is 20.1 Å². The summed E-state index contributed by atoms with van der Waals surface area (Å²) in [5.41, 5.74) is -1.24. The Bertz CT molecular complexity index is 671. The van der Waals surface area contributed by atoms with Crippen molar-refractivity contribution in [2.24, 2.45) is 5.92 Å². The fourth-order valence-electron chi connectivity index (χ4n) is 3.42. The van der Waals surface area contributed by atoms with Gasteiger partial charge in [0, 0.05) is 19.0 Å². The van der Waals surface area contributed by atoms with E-state index in [2.05, 4.69) is 5.32 Å². The molecule has 1 atom stereocenters. The van der Waals surface area contributed by atoms with Gasteiger partial charge in [0.1, 0.15) is 11.3 Å². The quantitative estimate of drug-likeness (QED) is 0.675. The number of nitrogens with one attached hydrogen (secondary N) is 1. The summed E-state index contributed by atoms with van der Waals surface area (Å²) in [6, 6.07) is 9.35. The number of ether oxygens (including phenoxy) is 1.